The van der Waals surface area contributed by atoms with Crippen molar-refractivity contribution in [3.63, 3.8) is 0 Å². The lowest BCUT2D eigenvalue weighted by Gasteiger charge is -2.11. The van der Waals surface area contributed by atoms with E-state index in [0.717, 1.165) is 6.07 Å². The van der Waals surface area contributed by atoms with Gasteiger partial charge < -0.3 is 5.32 Å². The lowest BCUT2D eigenvalue weighted by Crippen LogP contribution is -2.23. The van der Waals surface area contributed by atoms with Crippen molar-refractivity contribution in [2.45, 2.75) is 10.4 Å². The van der Waals surface area contributed by atoms with E-state index in [-0.39, 0.29) is 16.3 Å². The van der Waals surface area contributed by atoms with Crippen LogP contribution in [0, 0.1) is 0 Å². The van der Waals surface area contributed by atoms with Gasteiger partial charge in [-0.1, -0.05) is 11.6 Å². The van der Waals surface area contributed by atoms with E-state index in [1.54, 1.807) is 0 Å². The second-order valence-corrected chi connectivity index (χ2v) is 6.64. The summed E-state index contributed by atoms with van der Waals surface area (Å²) in [6.07, 6.45) is 2.67. The Kier molecular flexibility index (Phi) is 4.62. The van der Waals surface area contributed by atoms with Crippen LogP contribution >= 0.6 is 11.6 Å². The standard InChI is InChI=1S/C13H8ClF3N2O3S/c14-10-4-3-9(23(21,22)13(15,16)17)6-11(10)19-12(20)8-2-1-5-18-7-8/h1-7H,(H,19,20). The number of hydrogen-bond acceptors (Lipinski definition) is 4. The van der Waals surface area contributed by atoms with E-state index in [1.807, 2.05) is 0 Å². The SMILES string of the molecule is O=C(Nc1cc(S(=O)(=O)C(F)(F)F)ccc1Cl)c1cccnc1. The minimum Gasteiger partial charge on any atom is -0.321 e. The van der Waals surface area contributed by atoms with Gasteiger partial charge in [-0.2, -0.15) is 13.2 Å². The van der Waals surface area contributed by atoms with Crippen LogP contribution in [-0.4, -0.2) is 24.8 Å². The molecule has 2 aromatic rings. The zero-order valence-corrected chi connectivity index (χ0v) is 12.7. The summed E-state index contributed by atoms with van der Waals surface area (Å²) in [7, 11) is -5.54. The summed E-state index contributed by atoms with van der Waals surface area (Å²) in [6.45, 7) is 0. The fourth-order valence-electron chi connectivity index (χ4n) is 1.59. The first-order valence-corrected chi connectivity index (χ1v) is 7.81. The van der Waals surface area contributed by atoms with Crippen LogP contribution in [-0.2, 0) is 9.84 Å². The van der Waals surface area contributed by atoms with Gasteiger partial charge in [0.05, 0.1) is 21.2 Å². The van der Waals surface area contributed by atoms with Crippen molar-refractivity contribution < 1.29 is 26.4 Å². The molecule has 10 heteroatoms. The molecule has 1 aromatic heterocycles. The van der Waals surface area contributed by atoms with Gasteiger partial charge in [-0.25, -0.2) is 8.42 Å². The Hall–Kier alpha value is -2.13. The highest BCUT2D eigenvalue weighted by Gasteiger charge is 2.47. The van der Waals surface area contributed by atoms with Crippen LogP contribution in [0.5, 0.6) is 0 Å². The molecule has 1 aromatic carbocycles. The highest BCUT2D eigenvalue weighted by Crippen LogP contribution is 2.33. The number of rotatable bonds is 3. The molecule has 0 saturated carbocycles. The largest absolute Gasteiger partial charge is 0.501 e. The Morgan fingerprint density at radius 2 is 1.91 bits per heavy atom. The summed E-state index contributed by atoms with van der Waals surface area (Å²) >= 11 is 5.79. The van der Waals surface area contributed by atoms with Crippen molar-refractivity contribution in [2.75, 3.05) is 5.32 Å². The number of carbonyl (C=O) groups is 1. The molecule has 0 aliphatic heterocycles. The number of nitrogens with zero attached hydrogens (tertiary/aromatic N) is 1. The van der Waals surface area contributed by atoms with E-state index < -0.39 is 26.1 Å². The monoisotopic (exact) mass is 364 g/mol. The highest BCUT2D eigenvalue weighted by atomic mass is 35.5. The van der Waals surface area contributed by atoms with Gasteiger partial charge in [0.25, 0.3) is 15.7 Å². The third-order valence-corrected chi connectivity index (χ3v) is 4.54. The number of nitrogens with one attached hydrogen (secondary N) is 1. The molecule has 1 amide bonds. The summed E-state index contributed by atoms with van der Waals surface area (Å²) in [6, 6.07) is 5.23. The average molecular weight is 365 g/mol. The molecule has 0 fully saturated rings. The molecule has 122 valence electrons. The zero-order valence-electron chi connectivity index (χ0n) is 11.1. The van der Waals surface area contributed by atoms with E-state index in [2.05, 4.69) is 10.3 Å². The van der Waals surface area contributed by atoms with E-state index in [9.17, 15) is 26.4 Å². The van der Waals surface area contributed by atoms with Gasteiger partial charge >= 0.3 is 5.51 Å². The summed E-state index contributed by atoms with van der Waals surface area (Å²) in [5.74, 6) is -0.693. The maximum atomic E-state index is 12.6. The topological polar surface area (TPSA) is 76.1 Å². The smallest absolute Gasteiger partial charge is 0.321 e. The number of halogens is 4. The Bertz CT molecular complexity index is 839. The van der Waals surface area contributed by atoms with E-state index in [1.165, 1.54) is 24.5 Å². The van der Waals surface area contributed by atoms with Gasteiger partial charge in [-0.3, -0.25) is 9.78 Å². The van der Waals surface area contributed by atoms with Crippen molar-refractivity contribution in [1.29, 1.82) is 0 Å². The van der Waals surface area contributed by atoms with Crippen LogP contribution < -0.4 is 5.32 Å². The van der Waals surface area contributed by atoms with E-state index in [4.69, 9.17) is 11.6 Å². The predicted octanol–water partition coefficient (Wildman–Crippen LogP) is 3.28. The molecule has 5 nitrogen and oxygen atoms in total. The fourth-order valence-corrected chi connectivity index (χ4v) is 2.54. The van der Waals surface area contributed by atoms with Gasteiger partial charge in [0.2, 0.25) is 0 Å². The molecular weight excluding hydrogens is 357 g/mol. The van der Waals surface area contributed by atoms with Crippen LogP contribution in [0.25, 0.3) is 0 Å². The van der Waals surface area contributed by atoms with Crippen molar-refractivity contribution in [2.24, 2.45) is 0 Å². The number of hydrogen-bond donors (Lipinski definition) is 1. The number of aromatic nitrogens is 1. The van der Waals surface area contributed by atoms with Crippen LogP contribution in [0.2, 0.25) is 5.02 Å². The molecule has 0 aliphatic carbocycles. The van der Waals surface area contributed by atoms with Crippen LogP contribution in [0.15, 0.2) is 47.6 Å². The number of anilines is 1. The van der Waals surface area contributed by atoms with Gasteiger partial charge in [0.15, 0.2) is 0 Å². The third-order valence-electron chi connectivity index (χ3n) is 2.72. The molecule has 0 atom stereocenters. The average Bonchev–Trinajstić information content (AvgIpc) is 2.49. The van der Waals surface area contributed by atoms with Crippen molar-refractivity contribution in [3.05, 3.63) is 53.3 Å². The number of carbonyl (C=O) groups excluding carboxylic acids is 1. The molecular formula is C13H8ClF3N2O3S. The Balaban J connectivity index is 2.38. The minimum absolute atomic E-state index is 0.108. The Morgan fingerprint density at radius 1 is 1.22 bits per heavy atom. The highest BCUT2D eigenvalue weighted by molar-refractivity contribution is 7.92. The lowest BCUT2D eigenvalue weighted by atomic mass is 10.2. The molecule has 0 aliphatic rings. The maximum Gasteiger partial charge on any atom is 0.501 e. The summed E-state index contributed by atoms with van der Waals surface area (Å²) in [5.41, 5.74) is -5.58. The number of alkyl halides is 3. The zero-order chi connectivity index (χ0) is 17.3. The second kappa shape index (κ2) is 6.17. The molecule has 23 heavy (non-hydrogen) atoms. The fraction of sp³-hybridized carbons (Fsp3) is 0.0769. The van der Waals surface area contributed by atoms with Gasteiger partial charge in [-0.05, 0) is 30.3 Å². The first-order chi connectivity index (χ1) is 10.6. The number of sulfone groups is 1. The summed E-state index contributed by atoms with van der Waals surface area (Å²) in [5, 5.41) is 2.14. The van der Waals surface area contributed by atoms with Crippen molar-refractivity contribution in [3.8, 4) is 0 Å². The molecule has 0 radical (unpaired) electrons. The molecule has 0 spiro atoms. The van der Waals surface area contributed by atoms with E-state index >= 15 is 0 Å². The maximum absolute atomic E-state index is 12.6. The molecule has 0 bridgehead atoms. The van der Waals surface area contributed by atoms with E-state index in [0.29, 0.717) is 12.1 Å². The quantitative estimate of drug-likeness (QED) is 0.906. The number of amides is 1. The normalized spacial score (nSPS) is 12.0. The number of benzene rings is 1. The van der Waals surface area contributed by atoms with Gasteiger partial charge in [0, 0.05) is 12.4 Å². The number of pyridine rings is 1. The van der Waals surface area contributed by atoms with Crippen LogP contribution in [0.3, 0.4) is 0 Å². The first-order valence-electron chi connectivity index (χ1n) is 5.95. The second-order valence-electron chi connectivity index (χ2n) is 4.29. The van der Waals surface area contributed by atoms with Crippen molar-refractivity contribution in [1.82, 2.24) is 4.98 Å². The predicted molar refractivity (Wildman–Crippen MR) is 76.9 cm³/mol. The molecule has 2 rings (SSSR count). The summed E-state index contributed by atoms with van der Waals surface area (Å²) < 4.78 is 60.5. The Morgan fingerprint density at radius 3 is 2.48 bits per heavy atom. The molecule has 0 saturated heterocycles. The summed E-state index contributed by atoms with van der Waals surface area (Å²) in [4.78, 5) is 14.6. The molecule has 1 N–H and O–H groups in total. The Labute approximate surface area is 134 Å². The van der Waals surface area contributed by atoms with Gasteiger partial charge in [0.1, 0.15) is 0 Å². The van der Waals surface area contributed by atoms with Crippen molar-refractivity contribution >= 4 is 33.0 Å². The minimum atomic E-state index is -5.54. The van der Waals surface area contributed by atoms with Crippen LogP contribution in [0.4, 0.5) is 18.9 Å². The first kappa shape index (κ1) is 17.2. The lowest BCUT2D eigenvalue weighted by molar-refractivity contribution is -0.0436. The molecule has 0 unspecified atom stereocenters. The third kappa shape index (κ3) is 3.62. The molecule has 1 heterocycles. The van der Waals surface area contributed by atoms with Gasteiger partial charge in [-0.15, -0.1) is 0 Å². The van der Waals surface area contributed by atoms with Crippen LogP contribution in [0.1, 0.15) is 10.4 Å².